The Kier molecular flexibility index (Phi) is 5.32. The summed E-state index contributed by atoms with van der Waals surface area (Å²) in [4.78, 5) is 21.2. The van der Waals surface area contributed by atoms with Gasteiger partial charge in [-0.2, -0.15) is 0 Å². The van der Waals surface area contributed by atoms with Crippen LogP contribution in [0.1, 0.15) is 27.5 Å². The molecule has 0 radical (unpaired) electrons. The number of rotatable bonds is 4. The number of aromatic nitrogens is 1. The van der Waals surface area contributed by atoms with Crippen molar-refractivity contribution in [2.75, 3.05) is 26.2 Å². The number of ether oxygens (including phenoxy) is 1. The molecule has 6 rings (SSSR count). The highest BCUT2D eigenvalue weighted by molar-refractivity contribution is 5.96. The summed E-state index contributed by atoms with van der Waals surface area (Å²) in [6.07, 6.45) is 1.66. The Bertz CT molecular complexity index is 1280. The number of piperazine rings is 1. The number of nitrogens with one attached hydrogen (secondary N) is 1. The second kappa shape index (κ2) is 8.76. The Morgan fingerprint density at radius 1 is 0.794 bits per heavy atom. The van der Waals surface area contributed by atoms with Crippen LogP contribution < -0.4 is 9.64 Å². The molecule has 3 aromatic carbocycles. The van der Waals surface area contributed by atoms with E-state index in [0.29, 0.717) is 36.3 Å². The first-order valence-corrected chi connectivity index (χ1v) is 11.8. The predicted octanol–water partition coefficient (Wildman–Crippen LogP) is 3.98. The van der Waals surface area contributed by atoms with E-state index in [0.717, 1.165) is 13.1 Å². The van der Waals surface area contributed by atoms with Crippen molar-refractivity contribution in [3.63, 3.8) is 0 Å². The zero-order valence-corrected chi connectivity index (χ0v) is 18.9. The summed E-state index contributed by atoms with van der Waals surface area (Å²) in [5.74, 6) is 1.00. The fourth-order valence-electron chi connectivity index (χ4n) is 5.29. The number of quaternary nitrogens is 1. The smallest absolute Gasteiger partial charge is 0.259 e. The molecule has 1 amide bonds. The van der Waals surface area contributed by atoms with Gasteiger partial charge in [0.05, 0.1) is 26.2 Å². The van der Waals surface area contributed by atoms with Gasteiger partial charge in [-0.25, -0.2) is 4.98 Å². The molecule has 0 atom stereocenters. The average molecular weight is 449 g/mol. The lowest BCUT2D eigenvalue weighted by Crippen LogP contribution is -3.15. The number of hydrogen-bond donors (Lipinski definition) is 1. The van der Waals surface area contributed by atoms with Crippen LogP contribution in [0.25, 0.3) is 11.1 Å². The van der Waals surface area contributed by atoms with Gasteiger partial charge in [-0.05, 0) is 35.4 Å². The predicted molar refractivity (Wildman–Crippen MR) is 131 cm³/mol. The molecule has 1 aliphatic carbocycles. The van der Waals surface area contributed by atoms with E-state index in [1.54, 1.807) is 18.3 Å². The highest BCUT2D eigenvalue weighted by Crippen LogP contribution is 2.41. The van der Waals surface area contributed by atoms with Gasteiger partial charge in [-0.15, -0.1) is 0 Å². The number of carbonyl (C=O) groups excluding carboxylic acids is 1. The van der Waals surface area contributed by atoms with Gasteiger partial charge in [-0.3, -0.25) is 4.79 Å². The fourth-order valence-corrected chi connectivity index (χ4v) is 5.29. The normalized spacial score (nSPS) is 15.6. The summed E-state index contributed by atoms with van der Waals surface area (Å²) in [5.41, 5.74) is 5.97. The Balaban J connectivity index is 1.20. The number of nitrogens with zero attached hydrogens (tertiary/aromatic N) is 2. The number of benzene rings is 3. The first kappa shape index (κ1) is 20.6. The quantitative estimate of drug-likeness (QED) is 0.514. The van der Waals surface area contributed by atoms with E-state index in [4.69, 9.17) is 4.74 Å². The van der Waals surface area contributed by atoms with Crippen LogP contribution in [0.2, 0.25) is 0 Å². The van der Waals surface area contributed by atoms with Crippen molar-refractivity contribution in [3.05, 3.63) is 114 Å². The summed E-state index contributed by atoms with van der Waals surface area (Å²) >= 11 is 0. The molecule has 34 heavy (non-hydrogen) atoms. The molecule has 1 saturated heterocycles. The lowest BCUT2D eigenvalue weighted by Gasteiger charge is -2.36. The third kappa shape index (κ3) is 3.64. The Morgan fingerprint density at radius 2 is 1.41 bits per heavy atom. The molecule has 5 nitrogen and oxygen atoms in total. The maximum absolute atomic E-state index is 13.4. The number of carbonyl (C=O) groups is 1. The van der Waals surface area contributed by atoms with Gasteiger partial charge in [0.25, 0.3) is 5.91 Å². The molecule has 2 aliphatic rings. The molecule has 1 fully saturated rings. The van der Waals surface area contributed by atoms with Crippen molar-refractivity contribution >= 4 is 5.91 Å². The Labute approximate surface area is 199 Å². The lowest BCUT2D eigenvalue weighted by atomic mass is 10.0. The van der Waals surface area contributed by atoms with E-state index in [2.05, 4.69) is 53.5 Å². The van der Waals surface area contributed by atoms with E-state index in [-0.39, 0.29) is 5.91 Å². The molecular weight excluding hydrogens is 422 g/mol. The summed E-state index contributed by atoms with van der Waals surface area (Å²) in [6, 6.07) is 30.8. The van der Waals surface area contributed by atoms with E-state index in [1.807, 2.05) is 35.2 Å². The van der Waals surface area contributed by atoms with Gasteiger partial charge in [0, 0.05) is 17.3 Å². The minimum atomic E-state index is -0.0229. The molecule has 0 spiro atoms. The van der Waals surface area contributed by atoms with Gasteiger partial charge in [0.2, 0.25) is 5.88 Å². The molecule has 0 bridgehead atoms. The number of hydrogen-bond acceptors (Lipinski definition) is 3. The zero-order chi connectivity index (χ0) is 22.9. The fraction of sp³-hybridized carbons (Fsp3) is 0.172. The van der Waals surface area contributed by atoms with Crippen molar-refractivity contribution in [1.29, 1.82) is 0 Å². The molecule has 5 heteroatoms. The molecule has 168 valence electrons. The van der Waals surface area contributed by atoms with E-state index >= 15 is 0 Å². The third-order valence-electron chi connectivity index (χ3n) is 6.89. The largest absolute Gasteiger partial charge is 0.438 e. The zero-order valence-electron chi connectivity index (χ0n) is 18.9. The second-order valence-corrected chi connectivity index (χ2v) is 8.83. The van der Waals surface area contributed by atoms with Crippen molar-refractivity contribution in [1.82, 2.24) is 9.88 Å². The SMILES string of the molecule is O=C(c1cccnc1Oc1ccccc1)N1CC[NH+](C2c3ccccc3-c3ccccc32)CC1. The van der Waals surface area contributed by atoms with E-state index in [1.165, 1.54) is 27.2 Å². The molecule has 4 aromatic rings. The molecule has 0 saturated carbocycles. The molecule has 2 heterocycles. The maximum atomic E-state index is 13.4. The van der Waals surface area contributed by atoms with Crippen LogP contribution in [0.4, 0.5) is 0 Å². The van der Waals surface area contributed by atoms with Gasteiger partial charge in [0.15, 0.2) is 0 Å². The van der Waals surface area contributed by atoms with Crippen LogP contribution >= 0.6 is 0 Å². The first-order chi connectivity index (χ1) is 16.8. The highest BCUT2D eigenvalue weighted by Gasteiger charge is 2.38. The molecule has 1 aliphatic heterocycles. The number of fused-ring (bicyclic) bond motifs is 3. The van der Waals surface area contributed by atoms with E-state index in [9.17, 15) is 4.79 Å². The molecule has 1 N–H and O–H groups in total. The van der Waals surface area contributed by atoms with Crippen LogP contribution in [-0.4, -0.2) is 42.0 Å². The van der Waals surface area contributed by atoms with Crippen LogP contribution in [-0.2, 0) is 0 Å². The van der Waals surface area contributed by atoms with Crippen LogP contribution in [0.5, 0.6) is 11.6 Å². The van der Waals surface area contributed by atoms with Crippen LogP contribution in [0, 0.1) is 0 Å². The van der Waals surface area contributed by atoms with Crippen LogP contribution in [0.15, 0.2) is 97.2 Å². The lowest BCUT2D eigenvalue weighted by molar-refractivity contribution is -0.928. The molecule has 1 aromatic heterocycles. The first-order valence-electron chi connectivity index (χ1n) is 11.8. The number of amides is 1. The monoisotopic (exact) mass is 448 g/mol. The van der Waals surface area contributed by atoms with Gasteiger partial charge < -0.3 is 14.5 Å². The molecular formula is C29H26N3O2+. The summed E-state index contributed by atoms with van der Waals surface area (Å²) < 4.78 is 5.94. The summed E-state index contributed by atoms with van der Waals surface area (Å²) in [6.45, 7) is 3.20. The Morgan fingerprint density at radius 3 is 2.09 bits per heavy atom. The van der Waals surface area contributed by atoms with Crippen molar-refractivity contribution < 1.29 is 14.4 Å². The maximum Gasteiger partial charge on any atom is 0.259 e. The van der Waals surface area contributed by atoms with Gasteiger partial charge in [0.1, 0.15) is 17.4 Å². The van der Waals surface area contributed by atoms with Crippen LogP contribution in [0.3, 0.4) is 0 Å². The van der Waals surface area contributed by atoms with Crippen molar-refractivity contribution in [3.8, 4) is 22.8 Å². The van der Waals surface area contributed by atoms with E-state index < -0.39 is 0 Å². The summed E-state index contributed by atoms with van der Waals surface area (Å²) in [5, 5.41) is 0. The summed E-state index contributed by atoms with van der Waals surface area (Å²) in [7, 11) is 0. The topological polar surface area (TPSA) is 46.9 Å². The second-order valence-electron chi connectivity index (χ2n) is 8.83. The standard InChI is InChI=1S/C29H25N3O2/c33-29(26-15-8-16-30-28(26)34-21-9-2-1-3-10-21)32-19-17-31(18-20-32)27-24-13-6-4-11-22(24)23-12-5-7-14-25(23)27/h1-16,27H,17-20H2/p+1. The molecule has 0 unspecified atom stereocenters. The van der Waals surface area contributed by atoms with Crippen molar-refractivity contribution in [2.24, 2.45) is 0 Å². The number of pyridine rings is 1. The van der Waals surface area contributed by atoms with Crippen molar-refractivity contribution in [2.45, 2.75) is 6.04 Å². The third-order valence-corrected chi connectivity index (χ3v) is 6.89. The average Bonchev–Trinajstić information content (AvgIpc) is 3.24. The Hall–Kier alpha value is -3.96. The van der Waals surface area contributed by atoms with Gasteiger partial charge >= 0.3 is 0 Å². The number of para-hydroxylation sites is 1. The van der Waals surface area contributed by atoms with Gasteiger partial charge in [-0.1, -0.05) is 66.7 Å². The minimum absolute atomic E-state index is 0.0229. The highest BCUT2D eigenvalue weighted by atomic mass is 16.5. The minimum Gasteiger partial charge on any atom is -0.438 e.